The Morgan fingerprint density at radius 3 is 2.95 bits per heavy atom. The second-order valence-corrected chi connectivity index (χ2v) is 6.11. The lowest BCUT2D eigenvalue weighted by Crippen LogP contribution is -2.47. The molecule has 1 aromatic rings. The van der Waals surface area contributed by atoms with E-state index in [0.29, 0.717) is 18.6 Å². The van der Waals surface area contributed by atoms with Gasteiger partial charge in [0.1, 0.15) is 5.60 Å². The molecule has 0 radical (unpaired) electrons. The normalized spacial score (nSPS) is 25.7. The second kappa shape index (κ2) is 6.16. The number of ether oxygens (including phenoxy) is 1. The number of rotatable bonds is 4. The van der Waals surface area contributed by atoms with Crippen LogP contribution in [0.15, 0.2) is 23.1 Å². The van der Waals surface area contributed by atoms with E-state index in [1.54, 1.807) is 11.8 Å². The fourth-order valence-corrected chi connectivity index (χ4v) is 2.74. The number of thioether (sulfide) groups is 1. The van der Waals surface area contributed by atoms with Gasteiger partial charge in [-0.3, -0.25) is 4.79 Å². The number of hydrogen-bond acceptors (Lipinski definition) is 4. The first-order valence-corrected chi connectivity index (χ1v) is 7.95. The molecule has 20 heavy (non-hydrogen) atoms. The zero-order valence-corrected chi connectivity index (χ0v) is 12.9. The molecule has 1 aliphatic rings. The monoisotopic (exact) mass is 295 g/mol. The summed E-state index contributed by atoms with van der Waals surface area (Å²) < 4.78 is 5.36. The number of aliphatic hydroxyl groups is 1. The van der Waals surface area contributed by atoms with E-state index in [0.717, 1.165) is 10.5 Å². The van der Waals surface area contributed by atoms with E-state index in [1.165, 1.54) is 0 Å². The number of aryl methyl sites for hydroxylation is 1. The van der Waals surface area contributed by atoms with Crippen LogP contribution in [-0.4, -0.2) is 42.1 Å². The lowest BCUT2D eigenvalue weighted by Gasteiger charge is -2.26. The van der Waals surface area contributed by atoms with E-state index >= 15 is 0 Å². The molecule has 0 saturated carbocycles. The third-order valence-corrected chi connectivity index (χ3v) is 4.63. The molecule has 4 nitrogen and oxygen atoms in total. The van der Waals surface area contributed by atoms with Gasteiger partial charge >= 0.3 is 0 Å². The molecule has 2 atom stereocenters. The van der Waals surface area contributed by atoms with E-state index < -0.39 is 5.60 Å². The Bertz CT molecular complexity index is 506. The summed E-state index contributed by atoms with van der Waals surface area (Å²) in [5, 5.41) is 13.2. The van der Waals surface area contributed by atoms with Crippen molar-refractivity contribution in [3.05, 3.63) is 29.3 Å². The fourth-order valence-electron chi connectivity index (χ4n) is 2.30. The van der Waals surface area contributed by atoms with Crippen LogP contribution < -0.4 is 5.32 Å². The molecule has 110 valence electrons. The topological polar surface area (TPSA) is 58.6 Å². The molecule has 2 unspecified atom stereocenters. The minimum atomic E-state index is -0.958. The summed E-state index contributed by atoms with van der Waals surface area (Å²) in [5.74, 6) is -0.147. The third kappa shape index (κ3) is 3.16. The summed E-state index contributed by atoms with van der Waals surface area (Å²) in [6, 6.07) is 5.82. The van der Waals surface area contributed by atoms with Crippen molar-refractivity contribution in [2.75, 3.05) is 19.4 Å². The maximum Gasteiger partial charge on any atom is 0.251 e. The molecule has 1 aliphatic heterocycles. The average Bonchev–Trinajstić information content (AvgIpc) is 2.77. The van der Waals surface area contributed by atoms with Crippen molar-refractivity contribution in [1.82, 2.24) is 5.32 Å². The van der Waals surface area contributed by atoms with Crippen LogP contribution in [0.25, 0.3) is 0 Å². The van der Waals surface area contributed by atoms with Crippen molar-refractivity contribution in [2.45, 2.75) is 36.9 Å². The van der Waals surface area contributed by atoms with Crippen LogP contribution in [-0.2, 0) is 4.74 Å². The Morgan fingerprint density at radius 1 is 1.60 bits per heavy atom. The van der Waals surface area contributed by atoms with E-state index in [2.05, 4.69) is 5.32 Å². The fraction of sp³-hybridized carbons (Fsp3) is 0.533. The minimum absolute atomic E-state index is 0.147. The summed E-state index contributed by atoms with van der Waals surface area (Å²) in [4.78, 5) is 13.3. The average molecular weight is 295 g/mol. The lowest BCUT2D eigenvalue weighted by atomic mass is 9.96. The van der Waals surface area contributed by atoms with Gasteiger partial charge in [-0.15, -0.1) is 11.8 Å². The molecule has 0 spiro atoms. The van der Waals surface area contributed by atoms with Gasteiger partial charge in [-0.05, 0) is 37.8 Å². The van der Waals surface area contributed by atoms with Gasteiger partial charge in [-0.25, -0.2) is 0 Å². The summed E-state index contributed by atoms with van der Waals surface area (Å²) in [6.45, 7) is 4.50. The maximum atomic E-state index is 12.3. The Balaban J connectivity index is 2.05. The largest absolute Gasteiger partial charge is 0.385 e. The Labute approximate surface area is 123 Å². The van der Waals surface area contributed by atoms with Crippen molar-refractivity contribution in [1.29, 1.82) is 0 Å². The van der Waals surface area contributed by atoms with Gasteiger partial charge in [0.15, 0.2) is 0 Å². The van der Waals surface area contributed by atoms with Crippen LogP contribution in [0.1, 0.15) is 29.3 Å². The predicted molar refractivity (Wildman–Crippen MR) is 80.3 cm³/mol. The highest BCUT2D eigenvalue weighted by Crippen LogP contribution is 2.25. The zero-order chi connectivity index (χ0) is 14.8. The first-order valence-electron chi connectivity index (χ1n) is 6.73. The number of amides is 1. The van der Waals surface area contributed by atoms with Gasteiger partial charge in [-0.1, -0.05) is 6.07 Å². The van der Waals surface area contributed by atoms with Crippen molar-refractivity contribution >= 4 is 17.7 Å². The number of benzene rings is 1. The molecule has 0 aromatic heterocycles. The summed E-state index contributed by atoms with van der Waals surface area (Å²) in [7, 11) is 0. The van der Waals surface area contributed by atoms with Crippen LogP contribution in [0.3, 0.4) is 0 Å². The Morgan fingerprint density at radius 2 is 2.35 bits per heavy atom. The van der Waals surface area contributed by atoms with Crippen LogP contribution in [0.5, 0.6) is 0 Å². The number of carbonyl (C=O) groups excluding carboxylic acids is 1. The highest BCUT2D eigenvalue weighted by atomic mass is 32.2. The molecule has 1 amide bonds. The highest BCUT2D eigenvalue weighted by Gasteiger charge is 2.39. The number of nitrogens with one attached hydrogen (secondary N) is 1. The zero-order valence-electron chi connectivity index (χ0n) is 12.1. The van der Waals surface area contributed by atoms with E-state index in [1.807, 2.05) is 38.3 Å². The quantitative estimate of drug-likeness (QED) is 0.834. The number of hydrogen-bond donors (Lipinski definition) is 2. The van der Waals surface area contributed by atoms with Gasteiger partial charge in [0, 0.05) is 30.0 Å². The smallest absolute Gasteiger partial charge is 0.251 e. The van der Waals surface area contributed by atoms with Gasteiger partial charge in [0.2, 0.25) is 0 Å². The Kier molecular flexibility index (Phi) is 4.73. The first kappa shape index (κ1) is 15.4. The summed E-state index contributed by atoms with van der Waals surface area (Å²) in [5.41, 5.74) is 0.635. The van der Waals surface area contributed by atoms with Crippen LogP contribution in [0.4, 0.5) is 0 Å². The molecule has 2 rings (SSSR count). The maximum absolute atomic E-state index is 12.3. The minimum Gasteiger partial charge on any atom is -0.385 e. The molecule has 1 aromatic carbocycles. The molecule has 1 saturated heterocycles. The van der Waals surface area contributed by atoms with Crippen LogP contribution in [0.2, 0.25) is 0 Å². The molecule has 0 aliphatic carbocycles. The SMILES string of the molecule is CSc1ccc(C)c(C(=O)NCC2(O)CCOC2C)c1. The van der Waals surface area contributed by atoms with Gasteiger partial charge in [0.25, 0.3) is 5.91 Å². The van der Waals surface area contributed by atoms with Crippen molar-refractivity contribution in [3.63, 3.8) is 0 Å². The molecular formula is C15H21NO3S. The van der Waals surface area contributed by atoms with E-state index in [4.69, 9.17) is 4.74 Å². The van der Waals surface area contributed by atoms with Gasteiger partial charge < -0.3 is 15.2 Å². The standard InChI is InChI=1S/C15H21NO3S/c1-10-4-5-12(20-3)8-13(10)14(17)16-9-15(18)6-7-19-11(15)2/h4-5,8,11,18H,6-7,9H2,1-3H3,(H,16,17). The first-order chi connectivity index (χ1) is 9.46. The third-order valence-electron chi connectivity index (χ3n) is 3.90. The van der Waals surface area contributed by atoms with Crippen LogP contribution in [0, 0.1) is 6.92 Å². The Hall–Kier alpha value is -1.04. The summed E-state index contributed by atoms with van der Waals surface area (Å²) >= 11 is 1.60. The molecule has 5 heteroatoms. The van der Waals surface area contributed by atoms with Crippen molar-refractivity contribution in [3.8, 4) is 0 Å². The molecular weight excluding hydrogens is 274 g/mol. The van der Waals surface area contributed by atoms with Crippen molar-refractivity contribution in [2.24, 2.45) is 0 Å². The molecule has 1 fully saturated rings. The highest BCUT2D eigenvalue weighted by molar-refractivity contribution is 7.98. The summed E-state index contributed by atoms with van der Waals surface area (Å²) in [6.07, 6.45) is 2.28. The molecule has 2 N–H and O–H groups in total. The molecule has 1 heterocycles. The van der Waals surface area contributed by atoms with E-state index in [9.17, 15) is 9.90 Å². The van der Waals surface area contributed by atoms with Gasteiger partial charge in [0.05, 0.1) is 6.10 Å². The van der Waals surface area contributed by atoms with Gasteiger partial charge in [-0.2, -0.15) is 0 Å². The van der Waals surface area contributed by atoms with Crippen LogP contribution >= 0.6 is 11.8 Å². The lowest BCUT2D eigenvalue weighted by molar-refractivity contribution is -0.0251. The number of carbonyl (C=O) groups is 1. The van der Waals surface area contributed by atoms with Crippen molar-refractivity contribution < 1.29 is 14.6 Å². The predicted octanol–water partition coefficient (Wildman–Crippen LogP) is 1.99. The molecule has 0 bridgehead atoms. The second-order valence-electron chi connectivity index (χ2n) is 5.23. The van der Waals surface area contributed by atoms with E-state index in [-0.39, 0.29) is 18.6 Å².